The van der Waals surface area contributed by atoms with Gasteiger partial charge in [-0.2, -0.15) is 0 Å². The van der Waals surface area contributed by atoms with Crippen LogP contribution in [-0.4, -0.2) is 13.4 Å². The molecule has 27 heavy (non-hydrogen) atoms. The molecular weight excluding hydrogens is 383 g/mol. The van der Waals surface area contributed by atoms with Crippen LogP contribution in [0.4, 0.5) is 10.1 Å². The minimum Gasteiger partial charge on any atom is -0.280 e. The van der Waals surface area contributed by atoms with Crippen molar-refractivity contribution in [1.82, 2.24) is 4.98 Å². The third-order valence-corrected chi connectivity index (χ3v) is 6.60. The largest absolute Gasteiger partial charge is 0.280 e. The Morgan fingerprint density at radius 3 is 2.44 bits per heavy atom. The molecule has 136 valence electrons. The van der Waals surface area contributed by atoms with Crippen molar-refractivity contribution >= 4 is 37.3 Å². The van der Waals surface area contributed by atoms with Gasteiger partial charge in [-0.05, 0) is 61.0 Å². The van der Waals surface area contributed by atoms with E-state index in [0.717, 1.165) is 26.9 Å². The number of halogens is 1. The number of benzene rings is 3. The molecule has 0 radical (unpaired) electrons. The predicted octanol–water partition coefficient (Wildman–Crippen LogP) is 5.21. The molecule has 4 nitrogen and oxygen atoms in total. The van der Waals surface area contributed by atoms with Crippen molar-refractivity contribution in [2.45, 2.75) is 11.8 Å². The van der Waals surface area contributed by atoms with E-state index in [2.05, 4.69) is 9.71 Å². The third-order valence-electron chi connectivity index (χ3n) is 4.13. The van der Waals surface area contributed by atoms with E-state index in [1.807, 2.05) is 36.4 Å². The Labute approximate surface area is 160 Å². The first kappa shape index (κ1) is 17.6. The SMILES string of the molecule is Cc1ccc(S(=O)(=O)Nc2ccc(-c3nc4ccccc4s3)cc2)cc1F. The molecule has 0 bridgehead atoms. The number of anilines is 1. The fraction of sp³-hybridized carbons (Fsp3) is 0.0500. The highest BCUT2D eigenvalue weighted by atomic mass is 32.2. The maximum Gasteiger partial charge on any atom is 0.261 e. The summed E-state index contributed by atoms with van der Waals surface area (Å²) >= 11 is 1.58. The van der Waals surface area contributed by atoms with E-state index in [1.165, 1.54) is 12.1 Å². The van der Waals surface area contributed by atoms with Crippen LogP contribution in [0, 0.1) is 12.7 Å². The Balaban J connectivity index is 1.59. The van der Waals surface area contributed by atoms with Crippen molar-refractivity contribution in [3.63, 3.8) is 0 Å². The average molecular weight is 398 g/mol. The summed E-state index contributed by atoms with van der Waals surface area (Å²) in [4.78, 5) is 4.48. The smallest absolute Gasteiger partial charge is 0.261 e. The van der Waals surface area contributed by atoms with Crippen LogP contribution in [0.3, 0.4) is 0 Å². The topological polar surface area (TPSA) is 59.1 Å². The molecule has 4 rings (SSSR count). The van der Waals surface area contributed by atoms with Gasteiger partial charge < -0.3 is 0 Å². The molecule has 0 saturated heterocycles. The Bertz CT molecular complexity index is 1200. The second-order valence-corrected chi connectivity index (χ2v) is 8.79. The molecule has 0 aliphatic heterocycles. The lowest BCUT2D eigenvalue weighted by atomic mass is 10.2. The highest BCUT2D eigenvalue weighted by Gasteiger charge is 2.16. The first-order chi connectivity index (χ1) is 12.9. The molecule has 0 atom stereocenters. The monoisotopic (exact) mass is 398 g/mol. The van der Waals surface area contributed by atoms with Gasteiger partial charge in [-0.3, -0.25) is 4.72 Å². The van der Waals surface area contributed by atoms with Gasteiger partial charge in [-0.25, -0.2) is 17.8 Å². The Morgan fingerprint density at radius 2 is 1.74 bits per heavy atom. The Hall–Kier alpha value is -2.77. The number of rotatable bonds is 4. The number of nitrogens with one attached hydrogen (secondary N) is 1. The number of hydrogen-bond acceptors (Lipinski definition) is 4. The molecule has 1 aromatic heterocycles. The van der Waals surface area contributed by atoms with Crippen LogP contribution in [0.25, 0.3) is 20.8 Å². The van der Waals surface area contributed by atoms with Crippen LogP contribution in [-0.2, 0) is 10.0 Å². The van der Waals surface area contributed by atoms with Gasteiger partial charge in [0.2, 0.25) is 0 Å². The van der Waals surface area contributed by atoms with E-state index >= 15 is 0 Å². The van der Waals surface area contributed by atoms with Crippen molar-refractivity contribution in [2.75, 3.05) is 4.72 Å². The van der Waals surface area contributed by atoms with Crippen LogP contribution >= 0.6 is 11.3 Å². The van der Waals surface area contributed by atoms with Gasteiger partial charge in [0.1, 0.15) is 10.8 Å². The molecule has 1 N–H and O–H groups in total. The lowest BCUT2D eigenvalue weighted by molar-refractivity contribution is 0.593. The number of sulfonamides is 1. The van der Waals surface area contributed by atoms with Crippen molar-refractivity contribution < 1.29 is 12.8 Å². The second-order valence-electron chi connectivity index (χ2n) is 6.08. The third kappa shape index (κ3) is 3.56. The molecule has 7 heteroatoms. The van der Waals surface area contributed by atoms with Gasteiger partial charge >= 0.3 is 0 Å². The molecule has 0 fully saturated rings. The van der Waals surface area contributed by atoms with Crippen LogP contribution in [0.15, 0.2) is 71.6 Å². The standard InChI is InChI=1S/C20H15FN2O2S2/c1-13-6-11-16(12-17(13)21)27(24,25)23-15-9-7-14(8-10-15)20-22-18-4-2-3-5-19(18)26-20/h2-12,23H,1H3. The summed E-state index contributed by atoms with van der Waals surface area (Å²) in [6, 6.07) is 18.7. The zero-order valence-corrected chi connectivity index (χ0v) is 15.9. The van der Waals surface area contributed by atoms with E-state index in [9.17, 15) is 12.8 Å². The molecule has 0 aliphatic rings. The average Bonchev–Trinajstić information content (AvgIpc) is 3.08. The summed E-state index contributed by atoms with van der Waals surface area (Å²) in [5.74, 6) is -0.552. The van der Waals surface area contributed by atoms with E-state index < -0.39 is 15.8 Å². The first-order valence-corrected chi connectivity index (χ1v) is 10.5. The summed E-state index contributed by atoms with van der Waals surface area (Å²) in [6.07, 6.45) is 0. The number of para-hydroxylation sites is 1. The van der Waals surface area contributed by atoms with Crippen LogP contribution in [0.2, 0.25) is 0 Å². The van der Waals surface area contributed by atoms with Crippen molar-refractivity contribution in [3.05, 3.63) is 78.1 Å². The molecular formula is C20H15FN2O2S2. The highest BCUT2D eigenvalue weighted by Crippen LogP contribution is 2.31. The number of hydrogen-bond donors (Lipinski definition) is 1. The molecule has 0 aliphatic carbocycles. The van der Waals surface area contributed by atoms with Crippen molar-refractivity contribution in [2.24, 2.45) is 0 Å². The Morgan fingerprint density at radius 1 is 1.00 bits per heavy atom. The molecule has 0 amide bonds. The molecule has 4 aromatic rings. The van der Waals surface area contributed by atoms with Crippen LogP contribution in [0.5, 0.6) is 0 Å². The van der Waals surface area contributed by atoms with Gasteiger partial charge in [0.25, 0.3) is 10.0 Å². The van der Waals surface area contributed by atoms with Gasteiger partial charge in [-0.15, -0.1) is 11.3 Å². The van der Waals surface area contributed by atoms with E-state index in [4.69, 9.17) is 0 Å². The maximum absolute atomic E-state index is 13.7. The van der Waals surface area contributed by atoms with Crippen LogP contribution < -0.4 is 4.72 Å². The van der Waals surface area contributed by atoms with Gasteiger partial charge in [-0.1, -0.05) is 18.2 Å². The summed E-state index contributed by atoms with van der Waals surface area (Å²) in [6.45, 7) is 1.58. The second kappa shape index (κ2) is 6.75. The zero-order chi connectivity index (χ0) is 19.0. The van der Waals surface area contributed by atoms with Crippen LogP contribution in [0.1, 0.15) is 5.56 Å². The maximum atomic E-state index is 13.7. The minimum atomic E-state index is -3.85. The van der Waals surface area contributed by atoms with Gasteiger partial charge in [0, 0.05) is 11.3 Å². The summed E-state index contributed by atoms with van der Waals surface area (Å²) in [7, 11) is -3.85. The minimum absolute atomic E-state index is 0.110. The van der Waals surface area contributed by atoms with Gasteiger partial charge in [0.15, 0.2) is 0 Å². The molecule has 0 unspecified atom stereocenters. The van der Waals surface area contributed by atoms with E-state index in [-0.39, 0.29) is 4.90 Å². The molecule has 3 aromatic carbocycles. The molecule has 1 heterocycles. The fourth-order valence-electron chi connectivity index (χ4n) is 2.63. The molecule has 0 saturated carbocycles. The predicted molar refractivity (Wildman–Crippen MR) is 107 cm³/mol. The Kier molecular flexibility index (Phi) is 4.41. The lowest BCUT2D eigenvalue weighted by Gasteiger charge is -2.09. The quantitative estimate of drug-likeness (QED) is 0.513. The molecule has 0 spiro atoms. The van der Waals surface area contributed by atoms with E-state index in [0.29, 0.717) is 11.3 Å². The zero-order valence-electron chi connectivity index (χ0n) is 14.3. The number of aromatic nitrogens is 1. The highest BCUT2D eigenvalue weighted by molar-refractivity contribution is 7.92. The summed E-state index contributed by atoms with van der Waals surface area (Å²) < 4.78 is 42.1. The summed E-state index contributed by atoms with van der Waals surface area (Å²) in [5.41, 5.74) is 2.64. The lowest BCUT2D eigenvalue weighted by Crippen LogP contribution is -2.13. The van der Waals surface area contributed by atoms with Gasteiger partial charge in [0.05, 0.1) is 15.1 Å². The van der Waals surface area contributed by atoms with Crippen molar-refractivity contribution in [3.8, 4) is 10.6 Å². The number of aryl methyl sites for hydroxylation is 1. The summed E-state index contributed by atoms with van der Waals surface area (Å²) in [5, 5.41) is 0.867. The van der Waals surface area contributed by atoms with E-state index in [1.54, 1.807) is 30.4 Å². The fourth-order valence-corrected chi connectivity index (χ4v) is 4.67. The van der Waals surface area contributed by atoms with Crippen molar-refractivity contribution in [1.29, 1.82) is 0 Å². The first-order valence-electron chi connectivity index (χ1n) is 8.17. The normalized spacial score (nSPS) is 11.6. The number of thiazole rings is 1. The number of fused-ring (bicyclic) bond motifs is 1. The number of nitrogens with zero attached hydrogens (tertiary/aromatic N) is 1.